The number of hydrogen-bond acceptors (Lipinski definition) is 9. The lowest BCUT2D eigenvalue weighted by molar-refractivity contribution is -0.384. The summed E-state index contributed by atoms with van der Waals surface area (Å²) in [4.78, 5) is 34.6. The van der Waals surface area contributed by atoms with Gasteiger partial charge in [-0.2, -0.15) is 0 Å². The molecule has 2 aromatic carbocycles. The second kappa shape index (κ2) is 9.94. The van der Waals surface area contributed by atoms with E-state index < -0.39 is 10.9 Å². The van der Waals surface area contributed by atoms with E-state index in [0.29, 0.717) is 16.9 Å². The van der Waals surface area contributed by atoms with E-state index in [4.69, 9.17) is 13.9 Å². The van der Waals surface area contributed by atoms with Crippen molar-refractivity contribution in [3.63, 3.8) is 0 Å². The third-order valence-corrected chi connectivity index (χ3v) is 4.66. The molecule has 0 saturated carbocycles. The van der Waals surface area contributed by atoms with Crippen molar-refractivity contribution in [1.29, 1.82) is 0 Å². The van der Waals surface area contributed by atoms with Crippen molar-refractivity contribution in [3.05, 3.63) is 68.5 Å². The van der Waals surface area contributed by atoms with Gasteiger partial charge in [-0.15, -0.1) is 10.2 Å². The Morgan fingerprint density at radius 3 is 2.55 bits per heavy atom. The first kappa shape index (κ1) is 22.1. The Morgan fingerprint density at radius 2 is 1.87 bits per heavy atom. The summed E-state index contributed by atoms with van der Waals surface area (Å²) < 4.78 is 16.4. The Kier molecular flexibility index (Phi) is 7.08. The number of nitrogens with zero attached hydrogens (tertiary/aromatic N) is 3. The highest BCUT2D eigenvalue weighted by atomic mass is 79.9. The lowest BCUT2D eigenvalue weighted by atomic mass is 10.1. The molecule has 0 unspecified atom stereocenters. The van der Waals surface area contributed by atoms with Gasteiger partial charge in [0.15, 0.2) is 12.4 Å². The van der Waals surface area contributed by atoms with E-state index in [-0.39, 0.29) is 42.7 Å². The third kappa shape index (κ3) is 5.72. The number of ketones is 1. The zero-order valence-corrected chi connectivity index (χ0v) is 17.8. The summed E-state index contributed by atoms with van der Waals surface area (Å²) in [6.07, 6.45) is -0.179. The molecule has 0 fully saturated rings. The first-order chi connectivity index (χ1) is 14.9. The number of benzene rings is 2. The molecule has 3 rings (SSSR count). The Hall–Kier alpha value is -3.60. The number of esters is 1. The maximum Gasteiger partial charge on any atom is 0.306 e. The van der Waals surface area contributed by atoms with Gasteiger partial charge in [-0.1, -0.05) is 15.9 Å². The number of nitro benzene ring substituents is 1. The predicted molar refractivity (Wildman–Crippen MR) is 110 cm³/mol. The Labute approximate surface area is 184 Å². The van der Waals surface area contributed by atoms with Crippen LogP contribution in [-0.2, 0) is 16.1 Å². The SMILES string of the molecule is COc1ccc(Br)cc1C(=O)CCC(=O)OCc1nnc(-c2ccc([N+](=O)[O-])cc2)o1. The quantitative estimate of drug-likeness (QED) is 0.188. The molecule has 0 saturated heterocycles. The molecule has 0 aliphatic carbocycles. The van der Waals surface area contributed by atoms with E-state index in [0.717, 1.165) is 4.47 Å². The standard InChI is InChI=1S/C20H16BrN3O7/c1-29-17-8-4-13(21)10-15(17)16(25)7-9-19(26)30-11-18-22-23-20(31-18)12-2-5-14(6-3-12)24(27)28/h2-6,8,10H,7,9,11H2,1H3. The van der Waals surface area contributed by atoms with E-state index in [2.05, 4.69) is 26.1 Å². The lowest BCUT2D eigenvalue weighted by Gasteiger charge is -2.08. The molecule has 0 spiro atoms. The maximum absolute atomic E-state index is 12.4. The van der Waals surface area contributed by atoms with Crippen LogP contribution in [0.2, 0.25) is 0 Å². The van der Waals surface area contributed by atoms with Gasteiger partial charge in [-0.3, -0.25) is 19.7 Å². The summed E-state index contributed by atoms with van der Waals surface area (Å²) in [6.45, 7) is -0.257. The zero-order chi connectivity index (χ0) is 22.4. The van der Waals surface area contributed by atoms with Gasteiger partial charge in [-0.05, 0) is 30.3 Å². The van der Waals surface area contributed by atoms with Crippen LogP contribution in [0.25, 0.3) is 11.5 Å². The van der Waals surface area contributed by atoms with Crippen LogP contribution in [0.1, 0.15) is 29.1 Å². The van der Waals surface area contributed by atoms with Gasteiger partial charge in [0.1, 0.15) is 5.75 Å². The number of rotatable bonds is 9. The number of nitro groups is 1. The summed E-state index contributed by atoms with van der Waals surface area (Å²) in [5.74, 6) is -0.239. The van der Waals surface area contributed by atoms with E-state index in [1.165, 1.54) is 31.4 Å². The number of methoxy groups -OCH3 is 1. The molecular formula is C20H16BrN3O7. The largest absolute Gasteiger partial charge is 0.496 e. The summed E-state index contributed by atoms with van der Waals surface area (Å²) in [7, 11) is 1.46. The molecule has 31 heavy (non-hydrogen) atoms. The second-order valence-electron chi connectivity index (χ2n) is 6.23. The molecule has 0 N–H and O–H groups in total. The number of non-ortho nitro benzene ring substituents is 1. The van der Waals surface area contributed by atoms with Crippen molar-refractivity contribution >= 4 is 33.4 Å². The number of ether oxygens (including phenoxy) is 2. The predicted octanol–water partition coefficient (Wildman–Crippen LogP) is 4.12. The minimum Gasteiger partial charge on any atom is -0.496 e. The molecular weight excluding hydrogens is 474 g/mol. The normalized spacial score (nSPS) is 10.5. The zero-order valence-electron chi connectivity index (χ0n) is 16.2. The molecule has 11 heteroatoms. The highest BCUT2D eigenvalue weighted by Crippen LogP contribution is 2.25. The molecule has 10 nitrogen and oxygen atoms in total. The fourth-order valence-electron chi connectivity index (χ4n) is 2.62. The van der Waals surface area contributed by atoms with E-state index in [1.54, 1.807) is 18.2 Å². The Balaban J connectivity index is 1.52. The summed E-state index contributed by atoms with van der Waals surface area (Å²) in [5.41, 5.74) is 0.797. The van der Waals surface area contributed by atoms with Crippen molar-refractivity contribution in [2.75, 3.05) is 7.11 Å². The third-order valence-electron chi connectivity index (χ3n) is 4.17. The molecule has 0 aliphatic rings. The topological polar surface area (TPSA) is 135 Å². The van der Waals surface area contributed by atoms with Crippen molar-refractivity contribution in [1.82, 2.24) is 10.2 Å². The number of carbonyl (C=O) groups excluding carboxylic acids is 2. The number of hydrogen-bond donors (Lipinski definition) is 0. The minimum absolute atomic E-state index is 0.0521. The van der Waals surface area contributed by atoms with Crippen LogP contribution < -0.4 is 4.74 Å². The van der Waals surface area contributed by atoms with E-state index in [1.807, 2.05) is 0 Å². The smallest absolute Gasteiger partial charge is 0.306 e. The summed E-state index contributed by atoms with van der Waals surface area (Å²) >= 11 is 3.30. The highest BCUT2D eigenvalue weighted by molar-refractivity contribution is 9.10. The fraction of sp³-hybridized carbons (Fsp3) is 0.200. The van der Waals surface area contributed by atoms with Gasteiger partial charge in [0.2, 0.25) is 5.89 Å². The van der Waals surface area contributed by atoms with Gasteiger partial charge in [0, 0.05) is 28.6 Å². The lowest BCUT2D eigenvalue weighted by Crippen LogP contribution is -2.09. The van der Waals surface area contributed by atoms with Crippen LogP contribution in [0.15, 0.2) is 51.4 Å². The van der Waals surface area contributed by atoms with Crippen molar-refractivity contribution in [2.24, 2.45) is 0 Å². The van der Waals surface area contributed by atoms with Crippen molar-refractivity contribution < 1.29 is 28.4 Å². The summed E-state index contributed by atoms with van der Waals surface area (Å²) in [6, 6.07) is 10.6. The second-order valence-corrected chi connectivity index (χ2v) is 7.15. The molecule has 3 aromatic rings. The van der Waals surface area contributed by atoms with Crippen LogP contribution in [0.3, 0.4) is 0 Å². The van der Waals surface area contributed by atoms with Gasteiger partial charge >= 0.3 is 5.97 Å². The van der Waals surface area contributed by atoms with Crippen LogP contribution in [0.5, 0.6) is 5.75 Å². The minimum atomic E-state index is -0.600. The van der Waals surface area contributed by atoms with E-state index in [9.17, 15) is 19.7 Å². The number of carbonyl (C=O) groups is 2. The first-order valence-corrected chi connectivity index (χ1v) is 9.76. The molecule has 160 valence electrons. The van der Waals surface area contributed by atoms with Gasteiger partial charge in [0.25, 0.3) is 11.6 Å². The average Bonchev–Trinajstić information content (AvgIpc) is 3.25. The fourth-order valence-corrected chi connectivity index (χ4v) is 2.98. The van der Waals surface area contributed by atoms with Crippen LogP contribution in [0, 0.1) is 10.1 Å². The molecule has 1 heterocycles. The first-order valence-electron chi connectivity index (χ1n) is 8.97. The van der Waals surface area contributed by atoms with Crippen LogP contribution >= 0.6 is 15.9 Å². The molecule has 0 bridgehead atoms. The molecule has 0 radical (unpaired) electrons. The number of halogens is 1. The maximum atomic E-state index is 12.4. The van der Waals surface area contributed by atoms with Crippen LogP contribution in [0.4, 0.5) is 5.69 Å². The number of aromatic nitrogens is 2. The van der Waals surface area contributed by atoms with Crippen molar-refractivity contribution in [2.45, 2.75) is 19.4 Å². The van der Waals surface area contributed by atoms with Crippen LogP contribution in [-0.4, -0.2) is 34.0 Å². The van der Waals surface area contributed by atoms with Gasteiger partial charge < -0.3 is 13.9 Å². The molecule has 1 aromatic heterocycles. The number of Topliss-reactive ketones (excluding diaryl/α,β-unsaturated/α-hetero) is 1. The van der Waals surface area contributed by atoms with Gasteiger partial charge in [0.05, 0.1) is 24.0 Å². The Morgan fingerprint density at radius 1 is 1.13 bits per heavy atom. The summed E-state index contributed by atoms with van der Waals surface area (Å²) in [5, 5.41) is 18.3. The van der Waals surface area contributed by atoms with Crippen molar-refractivity contribution in [3.8, 4) is 17.2 Å². The van der Waals surface area contributed by atoms with E-state index >= 15 is 0 Å². The highest BCUT2D eigenvalue weighted by Gasteiger charge is 2.16. The average molecular weight is 490 g/mol. The van der Waals surface area contributed by atoms with Gasteiger partial charge in [-0.25, -0.2) is 0 Å². The monoisotopic (exact) mass is 489 g/mol. The molecule has 0 aliphatic heterocycles. The molecule has 0 atom stereocenters. The Bertz CT molecular complexity index is 1110. The molecule has 0 amide bonds.